The molecule has 1 saturated carbocycles. The van der Waals surface area contributed by atoms with Gasteiger partial charge in [0.05, 0.1) is 10.4 Å². The maximum absolute atomic E-state index is 11.7. The number of carboxylic acids is 1. The fourth-order valence-electron chi connectivity index (χ4n) is 3.79. The summed E-state index contributed by atoms with van der Waals surface area (Å²) >= 11 is 13.8. The Morgan fingerprint density at radius 3 is 3.00 bits per heavy atom. The molecule has 0 unspecified atom stereocenters. The Kier molecular flexibility index (Phi) is 4.93. The van der Waals surface area contributed by atoms with Crippen LogP contribution in [-0.4, -0.2) is 41.4 Å². The maximum Gasteiger partial charge on any atom is 0.311 e. The third-order valence-electron chi connectivity index (χ3n) is 4.93. The first-order valence-electron chi connectivity index (χ1n) is 7.55. The summed E-state index contributed by atoms with van der Waals surface area (Å²) in [5, 5.41) is 11.0. The van der Waals surface area contributed by atoms with Gasteiger partial charge in [0.15, 0.2) is 0 Å². The number of hydrogen-bond acceptors (Lipinski definition) is 3. The van der Waals surface area contributed by atoms with E-state index < -0.39 is 11.4 Å². The SMILES string of the molecule is O=C(O)[C@@]12CCC[C@H]1CN(CCSc1cc(Cl)ccc1Cl)C2. The van der Waals surface area contributed by atoms with Crippen molar-refractivity contribution in [3.63, 3.8) is 0 Å². The number of halogens is 2. The van der Waals surface area contributed by atoms with Crippen LogP contribution < -0.4 is 0 Å². The lowest BCUT2D eigenvalue weighted by Crippen LogP contribution is -2.36. The maximum atomic E-state index is 11.7. The summed E-state index contributed by atoms with van der Waals surface area (Å²) in [5.74, 6) is 0.607. The van der Waals surface area contributed by atoms with Crippen LogP contribution in [0.4, 0.5) is 0 Å². The minimum atomic E-state index is -0.608. The van der Waals surface area contributed by atoms with E-state index in [1.54, 1.807) is 17.8 Å². The minimum Gasteiger partial charge on any atom is -0.481 e. The first-order chi connectivity index (χ1) is 10.5. The summed E-state index contributed by atoms with van der Waals surface area (Å²) in [6.07, 6.45) is 2.94. The van der Waals surface area contributed by atoms with Gasteiger partial charge in [-0.3, -0.25) is 4.79 Å². The van der Waals surface area contributed by atoms with Crippen LogP contribution >= 0.6 is 35.0 Å². The minimum absolute atomic E-state index is 0.324. The molecule has 0 spiro atoms. The Labute approximate surface area is 145 Å². The number of benzene rings is 1. The Morgan fingerprint density at radius 1 is 1.45 bits per heavy atom. The molecular formula is C16H19Cl2NO2S. The smallest absolute Gasteiger partial charge is 0.311 e. The number of nitrogens with zero attached hydrogens (tertiary/aromatic N) is 1. The number of likely N-dealkylation sites (tertiary alicyclic amines) is 1. The van der Waals surface area contributed by atoms with Crippen LogP contribution in [0.2, 0.25) is 10.0 Å². The molecule has 3 nitrogen and oxygen atoms in total. The molecule has 2 aliphatic rings. The van der Waals surface area contributed by atoms with E-state index in [0.717, 1.165) is 48.0 Å². The molecule has 1 aromatic rings. The summed E-state index contributed by atoms with van der Waals surface area (Å²) in [6.45, 7) is 2.49. The summed E-state index contributed by atoms with van der Waals surface area (Å²) in [4.78, 5) is 14.9. The standard InChI is InChI=1S/C16H19Cl2NO2S/c17-12-3-4-13(18)14(8-12)22-7-6-19-9-11-2-1-5-16(11,10-19)15(20)21/h3-4,8,11H,1-2,5-7,9-10H2,(H,20,21)/t11-,16+/m0/s1. The first-order valence-corrected chi connectivity index (χ1v) is 9.29. The van der Waals surface area contributed by atoms with Gasteiger partial charge < -0.3 is 10.0 Å². The molecule has 3 rings (SSSR count). The first kappa shape index (κ1) is 16.4. The second-order valence-electron chi connectivity index (χ2n) is 6.21. The molecule has 1 aliphatic heterocycles. The van der Waals surface area contributed by atoms with Crippen LogP contribution in [-0.2, 0) is 4.79 Å². The van der Waals surface area contributed by atoms with Crippen LogP contribution in [0.5, 0.6) is 0 Å². The molecule has 120 valence electrons. The third-order valence-corrected chi connectivity index (χ3v) is 6.64. The fraction of sp³-hybridized carbons (Fsp3) is 0.562. The van der Waals surface area contributed by atoms with E-state index in [1.807, 2.05) is 12.1 Å². The molecule has 2 fully saturated rings. The van der Waals surface area contributed by atoms with E-state index in [0.29, 0.717) is 17.5 Å². The number of carboxylic acid groups (broad SMARTS) is 1. The van der Waals surface area contributed by atoms with E-state index >= 15 is 0 Å². The Morgan fingerprint density at radius 2 is 2.27 bits per heavy atom. The van der Waals surface area contributed by atoms with Gasteiger partial charge in [0.2, 0.25) is 0 Å². The molecular weight excluding hydrogens is 341 g/mol. The van der Waals surface area contributed by atoms with Crippen molar-refractivity contribution in [3.8, 4) is 0 Å². The quantitative estimate of drug-likeness (QED) is 0.796. The van der Waals surface area contributed by atoms with Crippen LogP contribution in [0.15, 0.2) is 23.1 Å². The van der Waals surface area contributed by atoms with Crippen molar-refractivity contribution in [2.24, 2.45) is 11.3 Å². The van der Waals surface area contributed by atoms with Gasteiger partial charge in [0, 0.05) is 35.3 Å². The predicted molar refractivity (Wildman–Crippen MR) is 91.0 cm³/mol. The van der Waals surface area contributed by atoms with Crippen molar-refractivity contribution in [1.29, 1.82) is 0 Å². The molecule has 1 saturated heterocycles. The molecule has 6 heteroatoms. The van der Waals surface area contributed by atoms with Crippen molar-refractivity contribution >= 4 is 40.9 Å². The highest BCUT2D eigenvalue weighted by Gasteiger charge is 2.54. The molecule has 0 radical (unpaired) electrons. The lowest BCUT2D eigenvalue weighted by Gasteiger charge is -2.23. The van der Waals surface area contributed by atoms with Crippen molar-refractivity contribution in [2.75, 3.05) is 25.4 Å². The summed E-state index contributed by atoms with van der Waals surface area (Å²) in [7, 11) is 0. The van der Waals surface area contributed by atoms with Gasteiger partial charge in [-0.1, -0.05) is 29.6 Å². The van der Waals surface area contributed by atoms with Gasteiger partial charge in [0.25, 0.3) is 0 Å². The number of carbonyl (C=O) groups is 1. The Balaban J connectivity index is 1.55. The van der Waals surface area contributed by atoms with E-state index in [9.17, 15) is 9.90 Å². The van der Waals surface area contributed by atoms with Crippen molar-refractivity contribution in [3.05, 3.63) is 28.2 Å². The monoisotopic (exact) mass is 359 g/mol. The van der Waals surface area contributed by atoms with Crippen LogP contribution in [0.25, 0.3) is 0 Å². The van der Waals surface area contributed by atoms with Crippen LogP contribution in [0, 0.1) is 11.3 Å². The lowest BCUT2D eigenvalue weighted by molar-refractivity contribution is -0.149. The van der Waals surface area contributed by atoms with E-state index in [2.05, 4.69) is 4.90 Å². The normalized spacial score (nSPS) is 28.0. The second-order valence-corrected chi connectivity index (χ2v) is 8.19. The van der Waals surface area contributed by atoms with E-state index in [1.165, 1.54) is 0 Å². The van der Waals surface area contributed by atoms with Gasteiger partial charge in [-0.2, -0.15) is 0 Å². The second kappa shape index (κ2) is 6.60. The number of thioether (sulfide) groups is 1. The summed E-state index contributed by atoms with van der Waals surface area (Å²) in [6, 6.07) is 5.48. The van der Waals surface area contributed by atoms with Gasteiger partial charge in [-0.15, -0.1) is 11.8 Å². The molecule has 2 atom stereocenters. The molecule has 0 aromatic heterocycles. The number of fused-ring (bicyclic) bond motifs is 1. The number of hydrogen-bond donors (Lipinski definition) is 1. The molecule has 0 bridgehead atoms. The average Bonchev–Trinajstić information content (AvgIpc) is 3.00. The highest BCUT2D eigenvalue weighted by molar-refractivity contribution is 7.99. The Bertz CT molecular complexity index is 583. The third kappa shape index (κ3) is 3.12. The molecule has 0 amide bonds. The van der Waals surface area contributed by atoms with Gasteiger partial charge >= 0.3 is 5.97 Å². The zero-order valence-electron chi connectivity index (χ0n) is 12.2. The van der Waals surface area contributed by atoms with Gasteiger partial charge in [-0.05, 0) is 37.0 Å². The van der Waals surface area contributed by atoms with Crippen molar-refractivity contribution in [1.82, 2.24) is 4.90 Å². The number of rotatable bonds is 5. The largest absolute Gasteiger partial charge is 0.481 e. The van der Waals surface area contributed by atoms with Crippen LogP contribution in [0.3, 0.4) is 0 Å². The zero-order chi connectivity index (χ0) is 15.7. The predicted octanol–water partition coefficient (Wildman–Crippen LogP) is 4.27. The van der Waals surface area contributed by atoms with Gasteiger partial charge in [0.1, 0.15) is 0 Å². The van der Waals surface area contributed by atoms with Crippen molar-refractivity contribution in [2.45, 2.75) is 24.2 Å². The molecule has 1 heterocycles. The summed E-state index contributed by atoms with van der Waals surface area (Å²) < 4.78 is 0. The molecule has 22 heavy (non-hydrogen) atoms. The van der Waals surface area contributed by atoms with E-state index in [-0.39, 0.29) is 0 Å². The van der Waals surface area contributed by atoms with Gasteiger partial charge in [-0.25, -0.2) is 0 Å². The molecule has 1 aliphatic carbocycles. The molecule has 1 aromatic carbocycles. The lowest BCUT2D eigenvalue weighted by atomic mass is 9.81. The van der Waals surface area contributed by atoms with E-state index in [4.69, 9.17) is 23.2 Å². The molecule has 1 N–H and O–H groups in total. The van der Waals surface area contributed by atoms with Crippen molar-refractivity contribution < 1.29 is 9.90 Å². The van der Waals surface area contributed by atoms with Crippen LogP contribution in [0.1, 0.15) is 19.3 Å². The topological polar surface area (TPSA) is 40.5 Å². The highest BCUT2D eigenvalue weighted by Crippen LogP contribution is 2.48. The Hall–Kier alpha value is -0.420. The zero-order valence-corrected chi connectivity index (χ0v) is 14.6. The summed E-state index contributed by atoms with van der Waals surface area (Å²) in [5.41, 5.74) is -0.488. The fourth-order valence-corrected chi connectivity index (χ4v) is 5.29. The highest BCUT2D eigenvalue weighted by atomic mass is 35.5. The number of aliphatic carboxylic acids is 1. The average molecular weight is 360 g/mol.